The van der Waals surface area contributed by atoms with Gasteiger partial charge in [-0.15, -0.1) is 3.54 Å². The highest BCUT2D eigenvalue weighted by atomic mass is 79.9. The molecule has 0 aromatic carbocycles. The van der Waals surface area contributed by atoms with E-state index in [4.69, 9.17) is 0 Å². The summed E-state index contributed by atoms with van der Waals surface area (Å²) < 4.78 is 0.698. The number of halogens is 1. The second-order valence-corrected chi connectivity index (χ2v) is 7.07. The van der Waals surface area contributed by atoms with Crippen molar-refractivity contribution < 1.29 is 0 Å². The lowest BCUT2D eigenvalue weighted by Gasteiger charge is -2.38. The van der Waals surface area contributed by atoms with Crippen LogP contribution in [0.4, 0.5) is 0 Å². The van der Waals surface area contributed by atoms with Crippen molar-refractivity contribution in [1.82, 2.24) is 0 Å². The smallest absolute Gasteiger partial charge is 0.306 e. The quantitative estimate of drug-likeness (QED) is 0.608. The molecule has 12 heavy (non-hydrogen) atoms. The first kappa shape index (κ1) is 13.2. The minimum Gasteiger partial charge on any atom is -0.306 e. The van der Waals surface area contributed by atoms with Crippen LogP contribution in [-0.2, 0) is 0 Å². The molecule has 0 aliphatic carbocycles. The maximum Gasteiger partial charge on any atom is 0.475 e. The molecule has 0 spiro atoms. The normalized spacial score (nSPS) is 11.8. The molecular formula is C10H21BrMg. The summed E-state index contributed by atoms with van der Waals surface area (Å²) in [6, 6.07) is 0. The lowest BCUT2D eigenvalue weighted by Crippen LogP contribution is -2.25. The number of rotatable bonds is 6. The van der Waals surface area contributed by atoms with E-state index in [1.807, 2.05) is 0 Å². The summed E-state index contributed by atoms with van der Waals surface area (Å²) in [7, 11) is 0. The van der Waals surface area contributed by atoms with Crippen molar-refractivity contribution in [3.63, 3.8) is 0 Å². The van der Waals surface area contributed by atoms with Gasteiger partial charge in [-0.05, 0) is 0 Å². The molecule has 0 atom stereocenters. The molecule has 2 heteroatoms. The molecule has 0 bridgehead atoms. The Morgan fingerprint density at radius 3 is 1.58 bits per heavy atom. The summed E-state index contributed by atoms with van der Waals surface area (Å²) in [5, 5.41) is 0. The zero-order valence-electron chi connectivity index (χ0n) is 8.99. The average molecular weight is 245 g/mol. The maximum absolute atomic E-state index is 3.81. The Morgan fingerprint density at radius 2 is 1.50 bits per heavy atom. The Labute approximate surface area is 93.5 Å². The Bertz CT molecular complexity index is 98.1. The first-order valence-electron chi connectivity index (χ1n) is 5.26. The van der Waals surface area contributed by atoms with Crippen LogP contribution in [0.2, 0.25) is 3.54 Å². The van der Waals surface area contributed by atoms with Gasteiger partial charge in [0.1, 0.15) is 0 Å². The van der Waals surface area contributed by atoms with Crippen molar-refractivity contribution >= 4 is 31.1 Å². The van der Waals surface area contributed by atoms with Crippen molar-refractivity contribution in [2.24, 2.45) is 5.92 Å². The molecule has 0 aliphatic heterocycles. The molecular weight excluding hydrogens is 224 g/mol. The predicted octanol–water partition coefficient (Wildman–Crippen LogP) is 4.42. The van der Waals surface area contributed by atoms with E-state index >= 15 is 0 Å². The van der Waals surface area contributed by atoms with Gasteiger partial charge < -0.3 is 12.9 Å². The van der Waals surface area contributed by atoms with Gasteiger partial charge in [-0.1, -0.05) is 59.3 Å². The van der Waals surface area contributed by atoms with Gasteiger partial charge in [0.15, 0.2) is 0 Å². The maximum atomic E-state index is 3.81. The van der Waals surface area contributed by atoms with Crippen LogP contribution in [-0.4, -0.2) is 18.2 Å². The average Bonchev–Trinajstić information content (AvgIpc) is 2.14. The lowest BCUT2D eigenvalue weighted by molar-refractivity contribution is 0.315. The molecule has 0 fully saturated rings. The standard InChI is InChI=1S/C10H21.BrH.Mg/c1-5-9(6-2)10(7-3)8-4;;/h9H,5-8H2,1-4H3;1H;/q;;+1/p-1. The molecule has 0 nitrogen and oxygen atoms in total. The van der Waals surface area contributed by atoms with E-state index in [-0.39, 0.29) is 18.2 Å². The third-order valence-corrected chi connectivity index (χ3v) is 8.99. The van der Waals surface area contributed by atoms with Gasteiger partial charge in [-0.3, -0.25) is 0 Å². The highest BCUT2D eigenvalue weighted by Crippen LogP contribution is 2.46. The summed E-state index contributed by atoms with van der Waals surface area (Å²) in [6.07, 6.45) is 5.45. The highest BCUT2D eigenvalue weighted by molar-refractivity contribution is 9.23. The molecule has 0 saturated carbocycles. The molecule has 0 aromatic heterocycles. The zero-order valence-corrected chi connectivity index (χ0v) is 12.0. The van der Waals surface area contributed by atoms with E-state index < -0.39 is 0 Å². The van der Waals surface area contributed by atoms with E-state index in [9.17, 15) is 0 Å². The fourth-order valence-corrected chi connectivity index (χ4v) is 7.21. The third-order valence-electron chi connectivity index (χ3n) is 3.53. The zero-order chi connectivity index (χ0) is 9.61. The van der Waals surface area contributed by atoms with Crippen molar-refractivity contribution in [3.05, 3.63) is 0 Å². The number of hydrogen-bond donors (Lipinski definition) is 0. The topological polar surface area (TPSA) is 0 Å². The van der Waals surface area contributed by atoms with Crippen LogP contribution < -0.4 is 0 Å². The summed E-state index contributed by atoms with van der Waals surface area (Å²) in [5.74, 6) is 0.957. The lowest BCUT2D eigenvalue weighted by atomic mass is 9.82. The molecule has 0 rings (SSSR count). The largest absolute Gasteiger partial charge is 0.475 e. The van der Waals surface area contributed by atoms with E-state index in [0.717, 1.165) is 5.92 Å². The first-order chi connectivity index (χ1) is 5.70. The van der Waals surface area contributed by atoms with Gasteiger partial charge in [-0.2, -0.15) is 0 Å². The fourth-order valence-electron chi connectivity index (χ4n) is 2.28. The van der Waals surface area contributed by atoms with Crippen molar-refractivity contribution in [2.75, 3.05) is 0 Å². The van der Waals surface area contributed by atoms with Crippen LogP contribution >= 0.6 is 12.9 Å². The molecule has 0 unspecified atom stereocenters. The second kappa shape index (κ2) is 6.66. The van der Waals surface area contributed by atoms with Crippen molar-refractivity contribution in [2.45, 2.75) is 56.9 Å². The van der Waals surface area contributed by atoms with Gasteiger partial charge in [0.05, 0.1) is 0 Å². The van der Waals surface area contributed by atoms with Crippen LogP contribution in [0.15, 0.2) is 0 Å². The molecule has 0 radical (unpaired) electrons. The highest BCUT2D eigenvalue weighted by Gasteiger charge is 2.33. The minimum atomic E-state index is -0.0358. The second-order valence-electron chi connectivity index (χ2n) is 3.72. The molecule has 0 aromatic rings. The van der Waals surface area contributed by atoms with Gasteiger partial charge in [-0.25, -0.2) is 0 Å². The molecule has 0 amide bonds. The van der Waals surface area contributed by atoms with Crippen molar-refractivity contribution in [3.8, 4) is 0 Å². The monoisotopic (exact) mass is 244 g/mol. The van der Waals surface area contributed by atoms with Gasteiger partial charge in [0, 0.05) is 0 Å². The van der Waals surface area contributed by atoms with Crippen molar-refractivity contribution in [1.29, 1.82) is 0 Å². The first-order valence-corrected chi connectivity index (χ1v) is 9.87. The van der Waals surface area contributed by atoms with E-state index in [1.54, 1.807) is 0 Å². The van der Waals surface area contributed by atoms with E-state index in [1.165, 1.54) is 25.7 Å². The summed E-state index contributed by atoms with van der Waals surface area (Å²) in [6.45, 7) is 9.39. The molecule has 0 aliphatic rings. The third kappa shape index (κ3) is 2.88. The Balaban J connectivity index is 4.42. The van der Waals surface area contributed by atoms with Gasteiger partial charge >= 0.3 is 18.2 Å². The van der Waals surface area contributed by atoms with Crippen LogP contribution in [0.3, 0.4) is 0 Å². The summed E-state index contributed by atoms with van der Waals surface area (Å²) in [4.78, 5) is 0. The Hall–Kier alpha value is 1.25. The van der Waals surface area contributed by atoms with Crippen LogP contribution in [0.1, 0.15) is 53.4 Å². The van der Waals surface area contributed by atoms with Crippen LogP contribution in [0.5, 0.6) is 0 Å². The minimum absolute atomic E-state index is 0.0358. The predicted molar refractivity (Wildman–Crippen MR) is 62.0 cm³/mol. The van der Waals surface area contributed by atoms with E-state index in [2.05, 4.69) is 40.6 Å². The van der Waals surface area contributed by atoms with Crippen LogP contribution in [0.25, 0.3) is 0 Å². The summed E-state index contributed by atoms with van der Waals surface area (Å²) in [5.41, 5.74) is 0. The van der Waals surface area contributed by atoms with E-state index in [0.29, 0.717) is 3.54 Å². The summed E-state index contributed by atoms with van der Waals surface area (Å²) >= 11 is 3.78. The van der Waals surface area contributed by atoms with Crippen LogP contribution in [0, 0.1) is 5.92 Å². The number of hydrogen-bond acceptors (Lipinski definition) is 0. The van der Waals surface area contributed by atoms with Gasteiger partial charge in [0.25, 0.3) is 0 Å². The van der Waals surface area contributed by atoms with Gasteiger partial charge in [0.2, 0.25) is 0 Å². The molecule has 0 heterocycles. The molecule has 0 N–H and O–H groups in total. The Morgan fingerprint density at radius 1 is 1.08 bits per heavy atom. The SMILES string of the molecule is CCC(CC)[C](CC)(CC)[Mg][Br]. The fraction of sp³-hybridized carbons (Fsp3) is 1.00. The molecule has 70 valence electrons. The Kier molecular flexibility index (Phi) is 7.36. The molecule has 0 saturated heterocycles.